The van der Waals surface area contributed by atoms with Crippen LogP contribution in [0, 0.1) is 0 Å². The second-order valence-corrected chi connectivity index (χ2v) is 12.5. The molecule has 17 heavy (non-hydrogen) atoms. The fourth-order valence-electron chi connectivity index (χ4n) is 0.791. The van der Waals surface area contributed by atoms with Crippen LogP contribution in [0.5, 0.6) is 0 Å². The molecular weight excluding hydrogens is 255 g/mol. The molecule has 0 aliphatic heterocycles. The summed E-state index contributed by atoms with van der Waals surface area (Å²) in [5.41, 5.74) is 0. The first-order chi connectivity index (χ1) is 7.58. The van der Waals surface area contributed by atoms with Gasteiger partial charge in [0.25, 0.3) is 0 Å². The molecule has 0 atom stereocenters. The lowest BCUT2D eigenvalue weighted by Crippen LogP contribution is -2.39. The maximum absolute atomic E-state index is 11.7. The van der Waals surface area contributed by atoms with Gasteiger partial charge in [0.2, 0.25) is 8.32 Å². The van der Waals surface area contributed by atoms with Gasteiger partial charge in [0.05, 0.1) is 12.4 Å². The Bertz CT molecular complexity index is 299. The molecule has 0 amide bonds. The fraction of sp³-hybridized carbons (Fsp3) is 0.818. The molecule has 0 aliphatic carbocycles. The molecular formula is C11H25O4PSi. The molecule has 0 rings (SSSR count). The summed E-state index contributed by atoms with van der Waals surface area (Å²) in [6.07, 6.45) is 3.56. The van der Waals surface area contributed by atoms with Crippen molar-refractivity contribution in [3.05, 3.63) is 12.3 Å². The van der Waals surface area contributed by atoms with E-state index in [2.05, 4.69) is 33.9 Å². The predicted octanol–water partition coefficient (Wildman–Crippen LogP) is 4.01. The van der Waals surface area contributed by atoms with Gasteiger partial charge in [-0.15, -0.1) is 0 Å². The summed E-state index contributed by atoms with van der Waals surface area (Å²) in [5.74, 6) is 0. The zero-order chi connectivity index (χ0) is 13.7. The van der Waals surface area contributed by atoms with Crippen LogP contribution in [0.1, 0.15) is 20.8 Å². The summed E-state index contributed by atoms with van der Waals surface area (Å²) in [6, 6.07) is 0. The van der Waals surface area contributed by atoms with Gasteiger partial charge in [-0.25, -0.2) is 0 Å². The van der Waals surface area contributed by atoms with Gasteiger partial charge < -0.3 is 13.5 Å². The average molecular weight is 280 g/mol. The van der Waals surface area contributed by atoms with Gasteiger partial charge in [-0.1, -0.05) is 20.8 Å². The second-order valence-electron chi connectivity index (χ2n) is 5.41. The molecule has 0 unspecified atom stereocenters. The smallest absolute Gasteiger partial charge is 0.333 e. The summed E-state index contributed by atoms with van der Waals surface area (Å²) in [6.45, 7) is 10.8. The third kappa shape index (κ3) is 5.38. The molecule has 0 aliphatic rings. The van der Waals surface area contributed by atoms with Gasteiger partial charge in [0.1, 0.15) is 0 Å². The summed E-state index contributed by atoms with van der Waals surface area (Å²) < 4.78 is 27.2. The van der Waals surface area contributed by atoms with E-state index in [9.17, 15) is 4.57 Å². The molecule has 0 saturated heterocycles. The third-order valence-electron chi connectivity index (χ3n) is 3.15. The summed E-state index contributed by atoms with van der Waals surface area (Å²) in [5, 5.41) is 0.156. The first-order valence-electron chi connectivity index (χ1n) is 5.61. The molecule has 0 saturated carbocycles. The maximum Gasteiger partial charge on any atom is 0.333 e. The monoisotopic (exact) mass is 280 g/mol. The quantitative estimate of drug-likeness (QED) is 0.419. The maximum atomic E-state index is 11.7. The van der Waals surface area contributed by atoms with Crippen LogP contribution in [0.3, 0.4) is 0 Å². The van der Waals surface area contributed by atoms with Crippen LogP contribution < -0.4 is 0 Å². The van der Waals surface area contributed by atoms with Crippen molar-refractivity contribution in [2.75, 3.05) is 20.4 Å². The summed E-state index contributed by atoms with van der Waals surface area (Å²) >= 11 is 0. The molecule has 0 aromatic carbocycles. The van der Waals surface area contributed by atoms with Crippen LogP contribution in [0.2, 0.25) is 18.1 Å². The Labute approximate surface area is 106 Å². The lowest BCUT2D eigenvalue weighted by molar-refractivity contribution is 0.278. The summed E-state index contributed by atoms with van der Waals surface area (Å²) in [4.78, 5) is 0. The van der Waals surface area contributed by atoms with Crippen LogP contribution in [-0.4, -0.2) is 28.7 Å². The third-order valence-corrected chi connectivity index (χ3v) is 9.26. The van der Waals surface area contributed by atoms with Crippen LogP contribution in [0.15, 0.2) is 12.3 Å². The molecule has 0 fully saturated rings. The van der Waals surface area contributed by atoms with Gasteiger partial charge in [-0.2, -0.15) is 0 Å². The van der Waals surface area contributed by atoms with Crippen LogP contribution in [0.4, 0.5) is 0 Å². The lowest BCUT2D eigenvalue weighted by Gasteiger charge is -2.35. The number of hydrogen-bond donors (Lipinski definition) is 0. The Balaban J connectivity index is 4.36. The first kappa shape index (κ1) is 16.9. The van der Waals surface area contributed by atoms with Crippen molar-refractivity contribution in [2.24, 2.45) is 0 Å². The van der Waals surface area contributed by atoms with Gasteiger partial charge in [0.15, 0.2) is 0 Å². The Morgan fingerprint density at radius 2 is 1.65 bits per heavy atom. The highest BCUT2D eigenvalue weighted by atomic mass is 31.2. The molecule has 0 heterocycles. The van der Waals surface area contributed by atoms with Crippen LogP contribution in [-0.2, 0) is 18.0 Å². The minimum Gasteiger partial charge on any atom is -0.549 e. The molecule has 102 valence electrons. The Kier molecular flexibility index (Phi) is 6.15. The Morgan fingerprint density at radius 1 is 1.18 bits per heavy atom. The molecule has 0 aromatic heterocycles. The zero-order valence-electron chi connectivity index (χ0n) is 11.9. The predicted molar refractivity (Wildman–Crippen MR) is 73.9 cm³/mol. The largest absolute Gasteiger partial charge is 0.549 e. The molecule has 0 bridgehead atoms. The van der Waals surface area contributed by atoms with Gasteiger partial charge in [0, 0.05) is 14.2 Å². The normalized spacial score (nSPS) is 14.3. The van der Waals surface area contributed by atoms with E-state index >= 15 is 0 Å². The van der Waals surface area contributed by atoms with Gasteiger partial charge in [-0.3, -0.25) is 4.57 Å². The first-order valence-corrected chi connectivity index (χ1v) is 10.2. The topological polar surface area (TPSA) is 44.8 Å². The van der Waals surface area contributed by atoms with E-state index in [1.165, 1.54) is 14.2 Å². The van der Waals surface area contributed by atoms with Crippen molar-refractivity contribution >= 4 is 15.9 Å². The van der Waals surface area contributed by atoms with Crippen molar-refractivity contribution in [3.63, 3.8) is 0 Å². The van der Waals surface area contributed by atoms with Crippen molar-refractivity contribution < 1.29 is 18.0 Å². The van der Waals surface area contributed by atoms with E-state index in [4.69, 9.17) is 13.5 Å². The van der Waals surface area contributed by atoms with Crippen molar-refractivity contribution in [3.8, 4) is 0 Å². The molecule has 6 heteroatoms. The van der Waals surface area contributed by atoms with E-state index in [1.807, 2.05) is 0 Å². The van der Waals surface area contributed by atoms with Gasteiger partial charge in [-0.05, 0) is 24.2 Å². The molecule has 0 aromatic rings. The number of rotatable bonds is 6. The highest BCUT2D eigenvalue weighted by molar-refractivity contribution is 7.54. The standard InChI is InChI=1S/C11H25O4PSi/c1-11(2,3)17(6,7)15-9-8-10-16(12,13-4)14-5/h8-9H,10H2,1-7H3/b9-8+. The van der Waals surface area contributed by atoms with E-state index < -0.39 is 15.9 Å². The van der Waals surface area contributed by atoms with E-state index in [-0.39, 0.29) is 11.2 Å². The molecule has 0 radical (unpaired) electrons. The Morgan fingerprint density at radius 3 is 2.00 bits per heavy atom. The average Bonchev–Trinajstić information content (AvgIpc) is 2.22. The fourth-order valence-corrected chi connectivity index (χ4v) is 2.37. The zero-order valence-corrected chi connectivity index (χ0v) is 13.8. The molecule has 0 spiro atoms. The number of hydrogen-bond acceptors (Lipinski definition) is 4. The minimum absolute atomic E-state index is 0.156. The SMILES string of the molecule is COP(=O)(C/C=C/O[Si](C)(C)C(C)(C)C)OC. The van der Waals surface area contributed by atoms with Crippen molar-refractivity contribution in [2.45, 2.75) is 38.9 Å². The molecule has 4 nitrogen and oxygen atoms in total. The van der Waals surface area contributed by atoms with Gasteiger partial charge >= 0.3 is 7.60 Å². The summed E-state index contributed by atoms with van der Waals surface area (Å²) in [7, 11) is -1.97. The van der Waals surface area contributed by atoms with E-state index in [1.54, 1.807) is 12.3 Å². The van der Waals surface area contributed by atoms with Crippen LogP contribution >= 0.6 is 7.60 Å². The van der Waals surface area contributed by atoms with Crippen molar-refractivity contribution in [1.29, 1.82) is 0 Å². The molecule has 0 N–H and O–H groups in total. The number of allylic oxidation sites excluding steroid dienone is 1. The van der Waals surface area contributed by atoms with Crippen LogP contribution in [0.25, 0.3) is 0 Å². The minimum atomic E-state index is -2.96. The van der Waals surface area contributed by atoms with Crippen molar-refractivity contribution in [1.82, 2.24) is 0 Å². The lowest BCUT2D eigenvalue weighted by atomic mass is 10.2. The second kappa shape index (κ2) is 6.18. The Hall–Kier alpha value is -0.0931. The highest BCUT2D eigenvalue weighted by Gasteiger charge is 2.37. The van der Waals surface area contributed by atoms with E-state index in [0.29, 0.717) is 0 Å². The van der Waals surface area contributed by atoms with E-state index in [0.717, 1.165) is 0 Å². The highest BCUT2D eigenvalue weighted by Crippen LogP contribution is 2.46.